The maximum Gasteiger partial charge on any atom is 0.373 e. The van der Waals surface area contributed by atoms with Gasteiger partial charge in [0.1, 0.15) is 11.7 Å². The molecule has 1 aliphatic rings. The standard InChI is InChI=1S/C24H26O6/c1-16-5-9-19(10-6-16)22(25)28-27-21-15-18(3)13-14-24(21,4)30-29-23(26)20-11-7-17(2)8-12-20/h5-12,18,21H,3-4,13-15H2,1-2H3. The molecule has 30 heavy (non-hydrogen) atoms. The SMILES string of the molecule is [CH2]C1CCC([CH2])(OOC(=O)c2ccc(C)cc2)C(OOC(=O)c2ccc(C)cc2)C1. The van der Waals surface area contributed by atoms with Gasteiger partial charge in [0.05, 0.1) is 11.1 Å². The summed E-state index contributed by atoms with van der Waals surface area (Å²) in [5.74, 6) is -1.19. The van der Waals surface area contributed by atoms with E-state index in [-0.39, 0.29) is 5.92 Å². The van der Waals surface area contributed by atoms with E-state index in [2.05, 4.69) is 13.8 Å². The van der Waals surface area contributed by atoms with E-state index < -0.39 is 23.6 Å². The van der Waals surface area contributed by atoms with E-state index in [0.29, 0.717) is 30.4 Å². The minimum Gasteiger partial charge on any atom is -0.292 e. The number of hydrogen-bond acceptors (Lipinski definition) is 6. The lowest BCUT2D eigenvalue weighted by atomic mass is 9.78. The molecule has 0 spiro atoms. The summed E-state index contributed by atoms with van der Waals surface area (Å²) < 4.78 is 0. The molecule has 6 nitrogen and oxygen atoms in total. The van der Waals surface area contributed by atoms with Crippen molar-refractivity contribution in [1.29, 1.82) is 0 Å². The van der Waals surface area contributed by atoms with Crippen molar-refractivity contribution in [3.8, 4) is 0 Å². The van der Waals surface area contributed by atoms with Gasteiger partial charge in [0.2, 0.25) is 0 Å². The third kappa shape index (κ3) is 5.46. The first-order valence-electron chi connectivity index (χ1n) is 9.86. The molecule has 1 fully saturated rings. The van der Waals surface area contributed by atoms with Crippen LogP contribution in [0.1, 0.15) is 51.1 Å². The highest BCUT2D eigenvalue weighted by molar-refractivity contribution is 5.89. The molecule has 2 aromatic rings. The van der Waals surface area contributed by atoms with Crippen molar-refractivity contribution in [2.75, 3.05) is 0 Å². The molecule has 2 radical (unpaired) electrons. The van der Waals surface area contributed by atoms with Crippen molar-refractivity contribution in [3.63, 3.8) is 0 Å². The predicted octanol–water partition coefficient (Wildman–Crippen LogP) is 4.76. The van der Waals surface area contributed by atoms with Gasteiger partial charge in [-0.3, -0.25) is 9.78 Å². The van der Waals surface area contributed by atoms with Crippen LogP contribution in [0.2, 0.25) is 0 Å². The average Bonchev–Trinajstić information content (AvgIpc) is 2.74. The number of benzene rings is 2. The van der Waals surface area contributed by atoms with Crippen LogP contribution in [-0.4, -0.2) is 23.6 Å². The van der Waals surface area contributed by atoms with Gasteiger partial charge >= 0.3 is 11.9 Å². The third-order valence-electron chi connectivity index (χ3n) is 5.21. The summed E-state index contributed by atoms with van der Waals surface area (Å²) in [7, 11) is 0. The van der Waals surface area contributed by atoms with E-state index in [0.717, 1.165) is 11.1 Å². The number of carbonyl (C=O) groups excluding carboxylic acids is 2. The van der Waals surface area contributed by atoms with Crippen LogP contribution in [-0.2, 0) is 19.6 Å². The summed E-state index contributed by atoms with van der Waals surface area (Å²) in [4.78, 5) is 45.4. The average molecular weight is 410 g/mol. The van der Waals surface area contributed by atoms with Crippen LogP contribution in [0.3, 0.4) is 0 Å². The molecule has 158 valence electrons. The van der Waals surface area contributed by atoms with Crippen LogP contribution in [0.4, 0.5) is 0 Å². The van der Waals surface area contributed by atoms with Crippen LogP contribution >= 0.6 is 0 Å². The van der Waals surface area contributed by atoms with Gasteiger partial charge in [-0.05, 0) is 70.2 Å². The number of carbonyl (C=O) groups is 2. The molecule has 0 heterocycles. The van der Waals surface area contributed by atoms with E-state index in [1.807, 2.05) is 26.0 Å². The van der Waals surface area contributed by atoms with Crippen LogP contribution < -0.4 is 0 Å². The zero-order valence-electron chi connectivity index (χ0n) is 17.3. The molecule has 6 heteroatoms. The monoisotopic (exact) mass is 410 g/mol. The number of aryl methyl sites for hydroxylation is 2. The minimum absolute atomic E-state index is 0.0688. The van der Waals surface area contributed by atoms with Gasteiger partial charge in [-0.25, -0.2) is 9.59 Å². The maximum absolute atomic E-state index is 12.3. The van der Waals surface area contributed by atoms with Crippen LogP contribution in [0.15, 0.2) is 48.5 Å². The van der Waals surface area contributed by atoms with Gasteiger partial charge in [-0.1, -0.05) is 42.3 Å². The first kappa shape index (κ1) is 22.0. The van der Waals surface area contributed by atoms with E-state index in [1.54, 1.807) is 36.4 Å². The Morgan fingerprint density at radius 2 is 1.40 bits per heavy atom. The highest BCUT2D eigenvalue weighted by Crippen LogP contribution is 2.37. The van der Waals surface area contributed by atoms with Gasteiger partial charge in [-0.2, -0.15) is 9.78 Å². The van der Waals surface area contributed by atoms with E-state index in [1.165, 1.54) is 0 Å². The minimum atomic E-state index is -1.22. The largest absolute Gasteiger partial charge is 0.373 e. The Bertz CT molecular complexity index is 874. The van der Waals surface area contributed by atoms with Crippen molar-refractivity contribution in [2.45, 2.75) is 44.8 Å². The molecule has 0 aromatic heterocycles. The molecule has 3 rings (SSSR count). The summed E-state index contributed by atoms with van der Waals surface area (Å²) in [6, 6.07) is 13.8. The molecule has 1 aliphatic carbocycles. The van der Waals surface area contributed by atoms with Crippen molar-refractivity contribution in [3.05, 3.63) is 84.6 Å². The fraction of sp³-hybridized carbons (Fsp3) is 0.333. The quantitative estimate of drug-likeness (QED) is 0.505. The second-order valence-electron chi connectivity index (χ2n) is 7.85. The Morgan fingerprint density at radius 1 is 0.900 bits per heavy atom. The lowest BCUT2D eigenvalue weighted by Gasteiger charge is -2.39. The molecule has 0 amide bonds. The summed E-state index contributed by atoms with van der Waals surface area (Å²) in [5, 5.41) is 0. The van der Waals surface area contributed by atoms with Gasteiger partial charge < -0.3 is 0 Å². The van der Waals surface area contributed by atoms with Crippen molar-refractivity contribution < 1.29 is 29.1 Å². The maximum atomic E-state index is 12.3. The second-order valence-corrected chi connectivity index (χ2v) is 7.85. The van der Waals surface area contributed by atoms with Gasteiger partial charge in [-0.15, -0.1) is 0 Å². The van der Waals surface area contributed by atoms with E-state index in [9.17, 15) is 9.59 Å². The molecule has 0 saturated heterocycles. The lowest BCUT2D eigenvalue weighted by molar-refractivity contribution is -0.380. The van der Waals surface area contributed by atoms with Gasteiger partial charge in [0.15, 0.2) is 0 Å². The van der Waals surface area contributed by atoms with Crippen molar-refractivity contribution in [2.24, 2.45) is 5.92 Å². The fourth-order valence-corrected chi connectivity index (χ4v) is 3.17. The zero-order chi connectivity index (χ0) is 21.7. The van der Waals surface area contributed by atoms with Crippen LogP contribution in [0, 0.1) is 33.6 Å². The molecule has 0 N–H and O–H groups in total. The molecule has 2 aromatic carbocycles. The van der Waals surface area contributed by atoms with Crippen molar-refractivity contribution >= 4 is 11.9 Å². The summed E-state index contributed by atoms with van der Waals surface area (Å²) in [5.41, 5.74) is 1.56. The predicted molar refractivity (Wildman–Crippen MR) is 110 cm³/mol. The Labute approximate surface area is 176 Å². The van der Waals surface area contributed by atoms with Crippen LogP contribution in [0.5, 0.6) is 0 Å². The summed E-state index contributed by atoms with van der Waals surface area (Å²) >= 11 is 0. The first-order chi connectivity index (χ1) is 14.3. The molecule has 3 unspecified atom stereocenters. The zero-order valence-corrected chi connectivity index (χ0v) is 17.3. The fourth-order valence-electron chi connectivity index (χ4n) is 3.17. The molecule has 0 bridgehead atoms. The highest BCUT2D eigenvalue weighted by atomic mass is 17.2. The first-order valence-corrected chi connectivity index (χ1v) is 9.86. The summed E-state index contributed by atoms with van der Waals surface area (Å²) in [6.07, 6.45) is 0.827. The number of rotatable bonds is 6. The van der Waals surface area contributed by atoms with Gasteiger partial charge in [0, 0.05) is 0 Å². The Morgan fingerprint density at radius 3 is 1.93 bits per heavy atom. The topological polar surface area (TPSA) is 71.1 Å². The molecule has 1 saturated carbocycles. The summed E-state index contributed by atoms with van der Waals surface area (Å²) in [6.45, 7) is 11.9. The molecular formula is C24H26O6. The van der Waals surface area contributed by atoms with Crippen LogP contribution in [0.25, 0.3) is 0 Å². The Kier molecular flexibility index (Phi) is 6.90. The molecule has 3 atom stereocenters. The normalized spacial score (nSPS) is 23.6. The second kappa shape index (κ2) is 9.41. The highest BCUT2D eigenvalue weighted by Gasteiger charge is 2.45. The Hall–Kier alpha value is -2.70. The number of hydrogen-bond donors (Lipinski definition) is 0. The molecular weight excluding hydrogens is 384 g/mol. The third-order valence-corrected chi connectivity index (χ3v) is 5.21. The van der Waals surface area contributed by atoms with Crippen molar-refractivity contribution in [1.82, 2.24) is 0 Å². The van der Waals surface area contributed by atoms with Gasteiger partial charge in [0.25, 0.3) is 0 Å². The van der Waals surface area contributed by atoms with E-state index in [4.69, 9.17) is 19.6 Å². The molecule has 0 aliphatic heterocycles. The Balaban J connectivity index is 1.62. The van der Waals surface area contributed by atoms with E-state index >= 15 is 0 Å². The smallest absolute Gasteiger partial charge is 0.292 e. The lowest BCUT2D eigenvalue weighted by Crippen LogP contribution is -2.48.